The maximum Gasteiger partial charge on any atom is 0.220 e. The maximum atomic E-state index is 6.16. The minimum absolute atomic E-state index is 0.0898. The molecule has 2 aromatic heterocycles. The molecule has 0 saturated carbocycles. The van der Waals surface area contributed by atoms with Crippen molar-refractivity contribution in [2.24, 2.45) is 0 Å². The van der Waals surface area contributed by atoms with Gasteiger partial charge in [-0.05, 0) is 42.3 Å². The van der Waals surface area contributed by atoms with Crippen LogP contribution in [-0.2, 0) is 17.8 Å². The van der Waals surface area contributed by atoms with Crippen LogP contribution in [0, 0.1) is 0 Å². The number of H-pyrrole nitrogens is 1. The lowest BCUT2D eigenvalue weighted by molar-refractivity contribution is 0.107. The van der Waals surface area contributed by atoms with E-state index in [1.54, 1.807) is 6.20 Å². The van der Waals surface area contributed by atoms with Crippen LogP contribution in [0.1, 0.15) is 29.3 Å². The molecular weight excluding hydrogens is 478 g/mol. The van der Waals surface area contributed by atoms with Gasteiger partial charge in [-0.15, -0.1) is 0 Å². The van der Waals surface area contributed by atoms with Crippen LogP contribution in [0.25, 0.3) is 22.3 Å². The fraction of sp³-hybridized carbons (Fsp3) is 0.233. The van der Waals surface area contributed by atoms with E-state index in [1.165, 1.54) is 5.56 Å². The summed E-state index contributed by atoms with van der Waals surface area (Å²) in [6.07, 6.45) is 3.25. The minimum atomic E-state index is 0.0898. The Hall–Kier alpha value is -4.43. The Morgan fingerprint density at radius 3 is 2.79 bits per heavy atom. The van der Waals surface area contributed by atoms with Crippen molar-refractivity contribution in [3.8, 4) is 22.8 Å². The van der Waals surface area contributed by atoms with Crippen LogP contribution in [0.3, 0.4) is 0 Å². The summed E-state index contributed by atoms with van der Waals surface area (Å²) >= 11 is 0. The average molecular weight is 508 g/mol. The third kappa shape index (κ3) is 5.31. The number of benzene rings is 3. The van der Waals surface area contributed by atoms with Gasteiger partial charge < -0.3 is 24.9 Å². The van der Waals surface area contributed by atoms with Crippen LogP contribution in [0.5, 0.6) is 11.5 Å². The van der Waals surface area contributed by atoms with Gasteiger partial charge in [0.1, 0.15) is 17.3 Å². The van der Waals surface area contributed by atoms with Crippen molar-refractivity contribution >= 4 is 17.0 Å². The van der Waals surface area contributed by atoms with E-state index in [0.717, 1.165) is 58.0 Å². The van der Waals surface area contributed by atoms with Gasteiger partial charge in [0, 0.05) is 23.7 Å². The van der Waals surface area contributed by atoms with Crippen LogP contribution < -0.4 is 15.2 Å². The summed E-state index contributed by atoms with van der Waals surface area (Å²) in [5.74, 6) is 2.97. The maximum absolute atomic E-state index is 6.16. The molecule has 0 spiro atoms. The van der Waals surface area contributed by atoms with Gasteiger partial charge in [-0.25, -0.2) is 15.0 Å². The summed E-state index contributed by atoms with van der Waals surface area (Å²) < 4.78 is 18.1. The standard InChI is InChI=1S/C30H29N5O3/c31-30-32-13-12-24(35-30)21-10-11-25-26(17-21)34-29(33-25)22-16-23-27(8-4-9-28(23)38-19-22)37-15-5-14-36-18-20-6-2-1-3-7-20/h1-4,6-13,17,22H,5,14-16,18-19H2,(H,33,34)(H2,31,32,35). The Labute approximate surface area is 220 Å². The molecule has 1 unspecified atom stereocenters. The Kier molecular flexibility index (Phi) is 6.87. The minimum Gasteiger partial charge on any atom is -0.493 e. The predicted molar refractivity (Wildman–Crippen MR) is 146 cm³/mol. The van der Waals surface area contributed by atoms with Crippen molar-refractivity contribution in [3.63, 3.8) is 0 Å². The number of nitrogens with two attached hydrogens (primary N) is 1. The molecule has 38 heavy (non-hydrogen) atoms. The largest absolute Gasteiger partial charge is 0.493 e. The zero-order valence-electron chi connectivity index (χ0n) is 21.0. The third-order valence-electron chi connectivity index (χ3n) is 6.64. The molecule has 1 aliphatic heterocycles. The zero-order valence-corrected chi connectivity index (χ0v) is 21.0. The van der Waals surface area contributed by atoms with Crippen LogP contribution in [0.15, 0.2) is 79.0 Å². The van der Waals surface area contributed by atoms with E-state index >= 15 is 0 Å². The van der Waals surface area contributed by atoms with Gasteiger partial charge in [-0.3, -0.25) is 0 Å². The molecule has 3 heterocycles. The summed E-state index contributed by atoms with van der Waals surface area (Å²) in [6.45, 7) is 2.39. The number of fused-ring (bicyclic) bond motifs is 2. The fourth-order valence-corrected chi connectivity index (χ4v) is 4.71. The molecule has 0 radical (unpaired) electrons. The molecule has 1 atom stereocenters. The molecule has 0 bridgehead atoms. The van der Waals surface area contributed by atoms with Crippen molar-refractivity contribution in [1.29, 1.82) is 0 Å². The average Bonchev–Trinajstić information content (AvgIpc) is 3.39. The molecule has 0 fully saturated rings. The van der Waals surface area contributed by atoms with E-state index < -0.39 is 0 Å². The van der Waals surface area contributed by atoms with Gasteiger partial charge in [0.15, 0.2) is 0 Å². The molecule has 8 heteroatoms. The Balaban J connectivity index is 1.10. The molecular formula is C30H29N5O3. The lowest BCUT2D eigenvalue weighted by Crippen LogP contribution is -2.21. The highest BCUT2D eigenvalue weighted by Crippen LogP contribution is 2.38. The number of anilines is 1. The molecule has 0 saturated heterocycles. The lowest BCUT2D eigenvalue weighted by atomic mass is 9.95. The number of nitrogens with zero attached hydrogens (tertiary/aromatic N) is 3. The van der Waals surface area contributed by atoms with Crippen molar-refractivity contribution < 1.29 is 14.2 Å². The molecule has 8 nitrogen and oxygen atoms in total. The first-order valence-corrected chi connectivity index (χ1v) is 12.8. The highest BCUT2D eigenvalue weighted by atomic mass is 16.5. The van der Waals surface area contributed by atoms with E-state index in [-0.39, 0.29) is 11.9 Å². The molecule has 5 aromatic rings. The number of ether oxygens (including phenoxy) is 3. The Bertz CT molecular complexity index is 1540. The highest BCUT2D eigenvalue weighted by molar-refractivity contribution is 5.81. The molecule has 3 N–H and O–H groups in total. The molecule has 3 aromatic carbocycles. The van der Waals surface area contributed by atoms with Crippen molar-refractivity contribution in [3.05, 3.63) is 95.9 Å². The fourth-order valence-electron chi connectivity index (χ4n) is 4.71. The molecule has 192 valence electrons. The van der Waals surface area contributed by atoms with E-state index in [0.29, 0.717) is 26.4 Å². The summed E-state index contributed by atoms with van der Waals surface area (Å²) in [4.78, 5) is 16.7. The number of aromatic amines is 1. The lowest BCUT2D eigenvalue weighted by Gasteiger charge is -2.25. The van der Waals surface area contributed by atoms with Gasteiger partial charge in [0.25, 0.3) is 0 Å². The zero-order chi connectivity index (χ0) is 25.7. The first-order valence-electron chi connectivity index (χ1n) is 12.8. The van der Waals surface area contributed by atoms with E-state index in [1.807, 2.05) is 60.7 Å². The van der Waals surface area contributed by atoms with Gasteiger partial charge in [-0.2, -0.15) is 0 Å². The van der Waals surface area contributed by atoms with Crippen LogP contribution >= 0.6 is 0 Å². The third-order valence-corrected chi connectivity index (χ3v) is 6.64. The predicted octanol–water partition coefficient (Wildman–Crippen LogP) is 5.31. The SMILES string of the molecule is Nc1nccc(-c2ccc3[nH]c(C4COc5cccc(OCCCOCc6ccccc6)c5C4)nc3c2)n1. The van der Waals surface area contributed by atoms with E-state index in [4.69, 9.17) is 24.9 Å². The van der Waals surface area contributed by atoms with Gasteiger partial charge in [0.05, 0.1) is 49.1 Å². The van der Waals surface area contributed by atoms with Crippen molar-refractivity contribution in [2.75, 3.05) is 25.6 Å². The van der Waals surface area contributed by atoms with Crippen LogP contribution in [-0.4, -0.2) is 39.8 Å². The monoisotopic (exact) mass is 507 g/mol. The van der Waals surface area contributed by atoms with Crippen LogP contribution in [0.2, 0.25) is 0 Å². The summed E-state index contributed by atoms with van der Waals surface area (Å²) in [5, 5.41) is 0. The van der Waals surface area contributed by atoms with E-state index in [2.05, 4.69) is 27.1 Å². The van der Waals surface area contributed by atoms with Gasteiger partial charge in [-0.1, -0.05) is 42.5 Å². The van der Waals surface area contributed by atoms with Crippen molar-refractivity contribution in [2.45, 2.75) is 25.4 Å². The number of hydrogen-bond donors (Lipinski definition) is 2. The molecule has 0 amide bonds. The first kappa shape index (κ1) is 23.9. The van der Waals surface area contributed by atoms with E-state index in [9.17, 15) is 0 Å². The quantitative estimate of drug-likeness (QED) is 0.260. The Morgan fingerprint density at radius 1 is 0.974 bits per heavy atom. The number of imidazole rings is 1. The van der Waals surface area contributed by atoms with Crippen LogP contribution in [0.4, 0.5) is 5.95 Å². The molecule has 1 aliphatic rings. The van der Waals surface area contributed by atoms with Gasteiger partial charge in [0.2, 0.25) is 5.95 Å². The Morgan fingerprint density at radius 2 is 1.89 bits per heavy atom. The normalized spacial score (nSPS) is 14.7. The number of nitrogen functional groups attached to an aromatic ring is 1. The number of rotatable bonds is 9. The number of nitrogens with one attached hydrogen (secondary N) is 1. The topological polar surface area (TPSA) is 108 Å². The summed E-state index contributed by atoms with van der Waals surface area (Å²) in [7, 11) is 0. The molecule has 6 rings (SSSR count). The van der Waals surface area contributed by atoms with Gasteiger partial charge >= 0.3 is 0 Å². The summed E-state index contributed by atoms with van der Waals surface area (Å²) in [6, 6.07) is 24.1. The second kappa shape index (κ2) is 10.9. The second-order valence-corrected chi connectivity index (χ2v) is 9.34. The van der Waals surface area contributed by atoms with Crippen molar-refractivity contribution in [1.82, 2.24) is 19.9 Å². The smallest absolute Gasteiger partial charge is 0.220 e. The first-order chi connectivity index (χ1) is 18.7. The number of hydrogen-bond acceptors (Lipinski definition) is 7. The summed E-state index contributed by atoms with van der Waals surface area (Å²) in [5.41, 5.74) is 11.6. The second-order valence-electron chi connectivity index (χ2n) is 9.34. The highest BCUT2D eigenvalue weighted by Gasteiger charge is 2.26. The molecule has 0 aliphatic carbocycles. The number of aromatic nitrogens is 4.